The lowest BCUT2D eigenvalue weighted by Crippen LogP contribution is -2.18. The van der Waals surface area contributed by atoms with Gasteiger partial charge >= 0.3 is 0 Å². The molecular weight excluding hydrogens is 194 g/mol. The minimum Gasteiger partial charge on any atom is -0.276 e. The highest BCUT2D eigenvalue weighted by Gasteiger charge is 2.03. The van der Waals surface area contributed by atoms with Gasteiger partial charge in [-0.05, 0) is 12.8 Å². The quantitative estimate of drug-likeness (QED) is 0.412. The average molecular weight is 216 g/mol. The predicted octanol–water partition coefficient (Wildman–Crippen LogP) is 3.38. The van der Waals surface area contributed by atoms with Crippen LogP contribution >= 0.6 is 11.9 Å². The van der Waals surface area contributed by atoms with E-state index in [1.54, 1.807) is 0 Å². The number of carbonyl (C=O) groups excluding carboxylic acids is 1. The lowest BCUT2D eigenvalue weighted by molar-refractivity contribution is 0.437. The zero-order valence-electron chi connectivity index (χ0n) is 9.42. The molecule has 0 aliphatic heterocycles. The molecule has 3 heteroatoms. The van der Waals surface area contributed by atoms with Crippen LogP contribution in [0.3, 0.4) is 0 Å². The monoisotopic (exact) mass is 216 g/mol. The summed E-state index contributed by atoms with van der Waals surface area (Å²) in [6.45, 7) is 6.43. The number of nitrogens with zero attached hydrogens (tertiary/aromatic N) is 1. The van der Waals surface area contributed by atoms with Crippen LogP contribution < -0.4 is 0 Å². The van der Waals surface area contributed by atoms with Crippen LogP contribution in [0.15, 0.2) is 0 Å². The van der Waals surface area contributed by atoms with Gasteiger partial charge in [-0.2, -0.15) is 0 Å². The summed E-state index contributed by atoms with van der Waals surface area (Å²) >= 11 is 1.20. The van der Waals surface area contributed by atoms with Crippen molar-refractivity contribution in [1.29, 1.82) is 0 Å². The molecule has 1 radical (unpaired) electrons. The maximum Gasteiger partial charge on any atom is 0.282 e. The molecule has 0 bridgehead atoms. The van der Waals surface area contributed by atoms with E-state index in [0.717, 1.165) is 13.1 Å². The third-order valence-electron chi connectivity index (χ3n) is 2.19. The zero-order valence-corrected chi connectivity index (χ0v) is 10.2. The number of unbranched alkanes of at least 4 members (excludes halogenated alkanes) is 4. The highest BCUT2D eigenvalue weighted by molar-refractivity contribution is 8.09. The first-order chi connectivity index (χ1) is 6.85. The molecule has 0 aromatic rings. The van der Waals surface area contributed by atoms with E-state index in [-0.39, 0.29) is 0 Å². The smallest absolute Gasteiger partial charge is 0.276 e. The van der Waals surface area contributed by atoms with E-state index in [4.69, 9.17) is 0 Å². The molecule has 0 atom stereocenters. The standard InChI is InChI=1S/C11H22NOS/c1-3-5-7-8-10-12(14-11-13)9-6-4-2/h3-10H2,1-2H3. The van der Waals surface area contributed by atoms with Crippen LogP contribution in [-0.4, -0.2) is 23.0 Å². The third-order valence-corrected chi connectivity index (χ3v) is 2.89. The maximum atomic E-state index is 10.3. The SMILES string of the molecule is CCCCCCN(CCCC)S[C]=O. The molecule has 0 saturated heterocycles. The van der Waals surface area contributed by atoms with Crippen LogP contribution in [0.25, 0.3) is 0 Å². The highest BCUT2D eigenvalue weighted by Crippen LogP contribution is 2.10. The molecule has 0 rings (SSSR count). The van der Waals surface area contributed by atoms with Crippen molar-refractivity contribution in [1.82, 2.24) is 4.31 Å². The van der Waals surface area contributed by atoms with Gasteiger partial charge in [0, 0.05) is 25.0 Å². The molecule has 0 spiro atoms. The number of hydrogen-bond donors (Lipinski definition) is 0. The van der Waals surface area contributed by atoms with Crippen LogP contribution in [0.1, 0.15) is 52.4 Å². The minimum absolute atomic E-state index is 1.02. The molecule has 0 unspecified atom stereocenters. The van der Waals surface area contributed by atoms with E-state index in [0.29, 0.717) is 0 Å². The zero-order chi connectivity index (χ0) is 10.6. The Bertz CT molecular complexity index is 130. The van der Waals surface area contributed by atoms with Crippen LogP contribution in [0.4, 0.5) is 0 Å². The van der Waals surface area contributed by atoms with Crippen LogP contribution in [0.2, 0.25) is 0 Å². The van der Waals surface area contributed by atoms with E-state index < -0.39 is 0 Å². The van der Waals surface area contributed by atoms with E-state index >= 15 is 0 Å². The van der Waals surface area contributed by atoms with Gasteiger partial charge in [-0.15, -0.1) is 0 Å². The topological polar surface area (TPSA) is 20.3 Å². The fourth-order valence-electron chi connectivity index (χ4n) is 1.31. The normalized spacial score (nSPS) is 10.8. The van der Waals surface area contributed by atoms with Crippen molar-refractivity contribution in [2.75, 3.05) is 13.1 Å². The summed E-state index contributed by atoms with van der Waals surface area (Å²) < 4.78 is 2.13. The molecule has 0 aliphatic rings. The summed E-state index contributed by atoms with van der Waals surface area (Å²) in [5.74, 6) is 0. The average Bonchev–Trinajstić information content (AvgIpc) is 2.20. The summed E-state index contributed by atoms with van der Waals surface area (Å²) in [5.41, 5.74) is 1.91. The van der Waals surface area contributed by atoms with Crippen LogP contribution in [-0.2, 0) is 4.79 Å². The fourth-order valence-corrected chi connectivity index (χ4v) is 1.85. The Hall–Kier alpha value is -0.0200. The van der Waals surface area contributed by atoms with Gasteiger partial charge in [-0.25, -0.2) is 4.31 Å². The number of hydrogen-bond acceptors (Lipinski definition) is 3. The molecule has 0 amide bonds. The van der Waals surface area contributed by atoms with E-state index in [1.165, 1.54) is 50.5 Å². The molecule has 0 aromatic carbocycles. The highest BCUT2D eigenvalue weighted by atomic mass is 32.2. The molecule has 0 N–H and O–H groups in total. The molecular formula is C11H22NOS. The van der Waals surface area contributed by atoms with Gasteiger partial charge in [0.1, 0.15) is 0 Å². The first kappa shape index (κ1) is 14.0. The molecule has 0 aliphatic carbocycles. The molecule has 2 nitrogen and oxygen atoms in total. The van der Waals surface area contributed by atoms with E-state index in [2.05, 4.69) is 18.2 Å². The van der Waals surface area contributed by atoms with Crippen molar-refractivity contribution < 1.29 is 4.79 Å². The molecule has 0 aromatic heterocycles. The molecule has 0 fully saturated rings. The van der Waals surface area contributed by atoms with Gasteiger partial charge in [-0.1, -0.05) is 39.5 Å². The third kappa shape index (κ3) is 8.57. The van der Waals surface area contributed by atoms with Crippen molar-refractivity contribution >= 4 is 17.6 Å². The van der Waals surface area contributed by atoms with Gasteiger partial charge in [0.2, 0.25) is 0 Å². The van der Waals surface area contributed by atoms with Crippen molar-refractivity contribution in [2.24, 2.45) is 0 Å². The van der Waals surface area contributed by atoms with E-state index in [9.17, 15) is 4.79 Å². The van der Waals surface area contributed by atoms with Gasteiger partial charge in [0.05, 0.1) is 0 Å². The van der Waals surface area contributed by atoms with E-state index in [1.807, 2.05) is 5.62 Å². The van der Waals surface area contributed by atoms with Crippen molar-refractivity contribution in [2.45, 2.75) is 52.4 Å². The Balaban J connectivity index is 3.45. The molecule has 0 heterocycles. The minimum atomic E-state index is 1.02. The van der Waals surface area contributed by atoms with Gasteiger partial charge in [-0.3, -0.25) is 4.79 Å². The largest absolute Gasteiger partial charge is 0.282 e. The lowest BCUT2D eigenvalue weighted by Gasteiger charge is -2.16. The van der Waals surface area contributed by atoms with Crippen molar-refractivity contribution in [3.63, 3.8) is 0 Å². The predicted molar refractivity (Wildman–Crippen MR) is 63.9 cm³/mol. The lowest BCUT2D eigenvalue weighted by atomic mass is 10.2. The second-order valence-corrected chi connectivity index (χ2v) is 4.38. The summed E-state index contributed by atoms with van der Waals surface area (Å²) in [5, 5.41) is 0. The first-order valence-corrected chi connectivity index (χ1v) is 6.41. The van der Waals surface area contributed by atoms with Gasteiger partial charge in [0.25, 0.3) is 5.62 Å². The van der Waals surface area contributed by atoms with Gasteiger partial charge in [0.15, 0.2) is 0 Å². The first-order valence-electron chi connectivity index (χ1n) is 5.64. The molecule has 83 valence electrons. The molecule has 0 saturated carbocycles. The van der Waals surface area contributed by atoms with Crippen LogP contribution in [0.5, 0.6) is 0 Å². The van der Waals surface area contributed by atoms with Crippen LogP contribution in [0, 0.1) is 0 Å². The Kier molecular flexibility index (Phi) is 11.0. The second-order valence-electron chi connectivity index (χ2n) is 3.52. The van der Waals surface area contributed by atoms with Crippen molar-refractivity contribution in [3.8, 4) is 0 Å². The maximum absolute atomic E-state index is 10.3. The Morgan fingerprint density at radius 2 is 1.64 bits per heavy atom. The fraction of sp³-hybridized carbons (Fsp3) is 0.909. The summed E-state index contributed by atoms with van der Waals surface area (Å²) in [6.07, 6.45) is 7.40. The summed E-state index contributed by atoms with van der Waals surface area (Å²) in [6, 6.07) is 0. The number of rotatable bonds is 10. The summed E-state index contributed by atoms with van der Waals surface area (Å²) in [4.78, 5) is 10.3. The van der Waals surface area contributed by atoms with Crippen molar-refractivity contribution in [3.05, 3.63) is 0 Å². The second kappa shape index (κ2) is 11.1. The Morgan fingerprint density at radius 3 is 2.21 bits per heavy atom. The Morgan fingerprint density at radius 1 is 1.00 bits per heavy atom. The molecule has 14 heavy (non-hydrogen) atoms. The summed E-state index contributed by atoms with van der Waals surface area (Å²) in [7, 11) is 0. The van der Waals surface area contributed by atoms with Gasteiger partial charge < -0.3 is 0 Å². The Labute approximate surface area is 92.6 Å².